The largest absolute Gasteiger partial charge is 0.394 e. The van der Waals surface area contributed by atoms with Crippen molar-refractivity contribution in [3.05, 3.63) is 0 Å². The molecular weight excluding hydrogens is 116 g/mol. The minimum absolute atomic E-state index is 0.365. The number of rotatable bonds is 2. The van der Waals surface area contributed by atoms with Gasteiger partial charge in [0.05, 0.1) is 13.2 Å². The van der Waals surface area contributed by atoms with E-state index in [2.05, 4.69) is 0 Å². The van der Waals surface area contributed by atoms with Gasteiger partial charge in [0.25, 0.3) is 0 Å². The van der Waals surface area contributed by atoms with Gasteiger partial charge in [-0.05, 0) is 0 Å². The molecule has 0 fully saturated rings. The van der Waals surface area contributed by atoms with Crippen LogP contribution in [-0.4, -0.2) is 45.2 Å². The molecule has 52 valence electrons. The average molecular weight is 126 g/mol. The molecule has 5 heteroatoms. The Morgan fingerprint density at radius 1 is 1.00 bits per heavy atom. The third-order valence-electron chi connectivity index (χ3n) is 0.421. The maximum atomic E-state index is 8.17. The molecule has 0 aromatic carbocycles. The number of aliphatic hydroxyl groups is 3. The minimum Gasteiger partial charge on any atom is -0.394 e. The average Bonchev–Trinajstić information content (AvgIpc) is 1.91. The van der Waals surface area contributed by atoms with Crippen LogP contribution >= 0.6 is 0 Å². The lowest BCUT2D eigenvalue weighted by molar-refractivity contribution is -0.176. The van der Waals surface area contributed by atoms with E-state index in [0.717, 1.165) is 0 Å². The molecule has 0 radical (unpaired) electrons. The Morgan fingerprint density at radius 3 is 1.25 bits per heavy atom. The Labute approximate surface area is 46.4 Å². The summed E-state index contributed by atoms with van der Waals surface area (Å²) in [7, 11) is 0. The van der Waals surface area contributed by atoms with Crippen molar-refractivity contribution in [2.24, 2.45) is 0 Å². The third-order valence-corrected chi connectivity index (χ3v) is 0.421. The van der Waals surface area contributed by atoms with E-state index in [0.29, 0.717) is 0 Å². The second kappa shape index (κ2) is 9.93. The van der Waals surface area contributed by atoms with Crippen LogP contribution in [0.25, 0.3) is 0 Å². The van der Waals surface area contributed by atoms with Gasteiger partial charge in [0, 0.05) is 0 Å². The lowest BCUT2D eigenvalue weighted by atomic mass is 10.4. The quantitative estimate of drug-likeness (QED) is 0.225. The van der Waals surface area contributed by atoms with Gasteiger partial charge in [0.1, 0.15) is 6.10 Å². The van der Waals surface area contributed by atoms with Crippen molar-refractivity contribution in [3.63, 3.8) is 0 Å². The number of hydrogen-bond acceptors (Lipinski definition) is 5. The topological polar surface area (TPSA) is 101 Å². The van der Waals surface area contributed by atoms with Crippen molar-refractivity contribution >= 4 is 0 Å². The van der Waals surface area contributed by atoms with Gasteiger partial charge in [-0.3, -0.25) is 10.5 Å². The van der Waals surface area contributed by atoms with Gasteiger partial charge in [0.2, 0.25) is 0 Å². The molecule has 0 saturated carbocycles. The zero-order chi connectivity index (χ0) is 6.99. The summed E-state index contributed by atoms with van der Waals surface area (Å²) < 4.78 is 0. The van der Waals surface area contributed by atoms with Crippen LogP contribution in [0.2, 0.25) is 0 Å². The number of hydrogen-bond donors (Lipinski definition) is 5. The van der Waals surface area contributed by atoms with E-state index < -0.39 is 6.10 Å². The zero-order valence-electron chi connectivity index (χ0n) is 4.23. The molecule has 0 aliphatic heterocycles. The molecule has 0 unspecified atom stereocenters. The molecule has 0 rings (SSSR count). The molecule has 0 saturated heterocycles. The summed E-state index contributed by atoms with van der Waals surface area (Å²) in [5.41, 5.74) is 0. The van der Waals surface area contributed by atoms with Crippen LogP contribution in [0.15, 0.2) is 0 Å². The van der Waals surface area contributed by atoms with Gasteiger partial charge < -0.3 is 15.3 Å². The van der Waals surface area contributed by atoms with Gasteiger partial charge in [-0.2, -0.15) is 0 Å². The molecule has 5 N–H and O–H groups in total. The van der Waals surface area contributed by atoms with Crippen molar-refractivity contribution < 1.29 is 25.8 Å². The van der Waals surface area contributed by atoms with Gasteiger partial charge in [-0.15, -0.1) is 0 Å². The second-order valence-corrected chi connectivity index (χ2v) is 1.02. The van der Waals surface area contributed by atoms with E-state index in [1.807, 2.05) is 0 Å². The Bertz CT molecular complexity index is 26.9. The van der Waals surface area contributed by atoms with Crippen LogP contribution in [-0.2, 0) is 0 Å². The van der Waals surface area contributed by atoms with Crippen LogP contribution in [0.4, 0.5) is 0 Å². The first-order valence-electron chi connectivity index (χ1n) is 1.91. The highest BCUT2D eigenvalue weighted by molar-refractivity contribution is 4.43. The smallest absolute Gasteiger partial charge is 0.100 e. The molecule has 0 heterocycles. The van der Waals surface area contributed by atoms with Crippen LogP contribution in [0, 0.1) is 0 Å². The molecule has 0 aliphatic rings. The first kappa shape index (κ1) is 10.7. The maximum Gasteiger partial charge on any atom is 0.100 e. The van der Waals surface area contributed by atoms with E-state index in [1.54, 1.807) is 0 Å². The monoisotopic (exact) mass is 126 g/mol. The standard InChI is InChI=1S/C3H8O3.H2O2/c4-1-3(6)2-5;1-2/h3-6H,1-2H2;1-2H. The molecule has 0 bridgehead atoms. The van der Waals surface area contributed by atoms with E-state index in [9.17, 15) is 0 Å². The van der Waals surface area contributed by atoms with Crippen molar-refractivity contribution in [1.29, 1.82) is 0 Å². The Balaban J connectivity index is 0. The summed E-state index contributed by atoms with van der Waals surface area (Å²) in [6.45, 7) is -0.729. The summed E-state index contributed by atoms with van der Waals surface area (Å²) in [5, 5.41) is 36.0. The first-order valence-corrected chi connectivity index (χ1v) is 1.91. The summed E-state index contributed by atoms with van der Waals surface area (Å²) >= 11 is 0. The lowest BCUT2D eigenvalue weighted by Crippen LogP contribution is -2.15. The lowest BCUT2D eigenvalue weighted by Gasteiger charge is -1.96. The van der Waals surface area contributed by atoms with Crippen LogP contribution in [0.1, 0.15) is 0 Å². The molecule has 8 heavy (non-hydrogen) atoms. The third kappa shape index (κ3) is 9.25. The van der Waals surface area contributed by atoms with Gasteiger partial charge in [-0.1, -0.05) is 0 Å². The molecule has 0 atom stereocenters. The molecule has 0 aromatic rings. The van der Waals surface area contributed by atoms with E-state index in [-0.39, 0.29) is 13.2 Å². The Hall–Kier alpha value is -0.200. The van der Waals surface area contributed by atoms with Gasteiger partial charge in [-0.25, -0.2) is 0 Å². The van der Waals surface area contributed by atoms with Crippen molar-refractivity contribution in [2.45, 2.75) is 6.10 Å². The summed E-state index contributed by atoms with van der Waals surface area (Å²) in [5.74, 6) is 0. The predicted molar refractivity (Wildman–Crippen MR) is 25.4 cm³/mol. The predicted octanol–water partition coefficient (Wildman–Crippen LogP) is -1.65. The highest BCUT2D eigenvalue weighted by Gasteiger charge is 1.93. The fraction of sp³-hybridized carbons (Fsp3) is 1.00. The molecular formula is C3H10O5. The zero-order valence-corrected chi connectivity index (χ0v) is 4.23. The maximum absolute atomic E-state index is 8.17. The number of aliphatic hydroxyl groups excluding tert-OH is 3. The Morgan fingerprint density at radius 2 is 1.25 bits per heavy atom. The highest BCUT2D eigenvalue weighted by Crippen LogP contribution is 1.71. The van der Waals surface area contributed by atoms with Crippen LogP contribution in [0.3, 0.4) is 0 Å². The molecule has 5 nitrogen and oxygen atoms in total. The fourth-order valence-electron chi connectivity index (χ4n) is 0.0577. The first-order chi connectivity index (χ1) is 3.81. The Kier molecular flexibility index (Phi) is 13.3. The van der Waals surface area contributed by atoms with Crippen molar-refractivity contribution in [2.75, 3.05) is 13.2 Å². The van der Waals surface area contributed by atoms with Gasteiger partial charge >= 0.3 is 0 Å². The summed E-state index contributed by atoms with van der Waals surface area (Å²) in [6, 6.07) is 0. The van der Waals surface area contributed by atoms with E-state index in [4.69, 9.17) is 25.8 Å². The molecule has 0 aromatic heterocycles. The highest BCUT2D eigenvalue weighted by atomic mass is 17.0. The summed E-state index contributed by atoms with van der Waals surface area (Å²) in [6.07, 6.45) is -0.954. The van der Waals surface area contributed by atoms with Crippen LogP contribution < -0.4 is 0 Å². The molecule has 0 aliphatic carbocycles. The molecule has 0 amide bonds. The SMILES string of the molecule is OCC(O)CO.OO. The minimum atomic E-state index is -0.954. The van der Waals surface area contributed by atoms with E-state index in [1.165, 1.54) is 0 Å². The van der Waals surface area contributed by atoms with Crippen LogP contribution in [0.5, 0.6) is 0 Å². The van der Waals surface area contributed by atoms with Crippen molar-refractivity contribution in [3.8, 4) is 0 Å². The normalized spacial score (nSPS) is 8.25. The van der Waals surface area contributed by atoms with E-state index >= 15 is 0 Å². The second-order valence-electron chi connectivity index (χ2n) is 1.02. The molecule has 0 spiro atoms. The summed E-state index contributed by atoms with van der Waals surface area (Å²) in [4.78, 5) is 0. The fourth-order valence-corrected chi connectivity index (χ4v) is 0.0577. The van der Waals surface area contributed by atoms with Crippen molar-refractivity contribution in [1.82, 2.24) is 0 Å². The van der Waals surface area contributed by atoms with Gasteiger partial charge in [0.15, 0.2) is 0 Å².